The Labute approximate surface area is 116 Å². The molecule has 0 heterocycles. The Morgan fingerprint density at radius 2 is 1.75 bits per heavy atom. The van der Waals surface area contributed by atoms with Gasteiger partial charge in [-0.1, -0.05) is 11.6 Å². The zero-order valence-corrected chi connectivity index (χ0v) is 11.2. The molecule has 104 valence electrons. The number of hydrogen-bond donors (Lipinski definition) is 0. The minimum absolute atomic E-state index is 0.0749. The number of methoxy groups -OCH3 is 1. The lowest BCUT2D eigenvalue weighted by molar-refractivity contribution is 0.0990. The number of ketones is 1. The summed E-state index contributed by atoms with van der Waals surface area (Å²) < 4.78 is 31.4. The molecule has 2 aromatic carbocycles. The number of aryl methyl sites for hydroxylation is 1. The van der Waals surface area contributed by atoms with Gasteiger partial charge in [-0.25, -0.2) is 8.78 Å². The number of halogens is 2. The maximum Gasteiger partial charge on any atom is 0.170 e. The molecular weight excluding hydrogens is 262 g/mol. The van der Waals surface area contributed by atoms with Crippen molar-refractivity contribution in [3.8, 4) is 5.75 Å². The quantitative estimate of drug-likeness (QED) is 0.796. The number of carbonyl (C=O) groups excluding carboxylic acids is 1. The molecule has 2 nitrogen and oxygen atoms in total. The van der Waals surface area contributed by atoms with Gasteiger partial charge in [0.15, 0.2) is 5.78 Å². The number of hydrogen-bond acceptors (Lipinski definition) is 2. The topological polar surface area (TPSA) is 26.3 Å². The Hall–Kier alpha value is -2.23. The van der Waals surface area contributed by atoms with Crippen LogP contribution in [-0.4, -0.2) is 12.9 Å². The van der Waals surface area contributed by atoms with Crippen molar-refractivity contribution >= 4 is 5.78 Å². The first-order valence-electron chi connectivity index (χ1n) is 6.12. The molecule has 0 aliphatic heterocycles. The standard InChI is InChI=1S/C16H14F2O2/c1-10-3-4-16(20-2)14(5-10)15(19)8-11-6-12(17)9-13(18)7-11/h3-7,9H,8H2,1-2H3. The first-order valence-corrected chi connectivity index (χ1v) is 6.12. The Bertz CT molecular complexity index is 631. The molecule has 0 aliphatic rings. The highest BCUT2D eigenvalue weighted by molar-refractivity contribution is 6.00. The SMILES string of the molecule is COc1ccc(C)cc1C(=O)Cc1cc(F)cc(F)c1. The highest BCUT2D eigenvalue weighted by Gasteiger charge is 2.14. The van der Waals surface area contributed by atoms with Gasteiger partial charge in [0.05, 0.1) is 12.7 Å². The summed E-state index contributed by atoms with van der Waals surface area (Å²) in [7, 11) is 1.48. The van der Waals surface area contributed by atoms with E-state index in [9.17, 15) is 13.6 Å². The Morgan fingerprint density at radius 1 is 1.10 bits per heavy atom. The van der Waals surface area contributed by atoms with Crippen molar-refractivity contribution in [1.82, 2.24) is 0 Å². The van der Waals surface area contributed by atoms with Crippen molar-refractivity contribution in [2.75, 3.05) is 7.11 Å². The fourth-order valence-electron chi connectivity index (χ4n) is 2.03. The summed E-state index contributed by atoms with van der Waals surface area (Å²) in [4.78, 5) is 12.2. The van der Waals surface area contributed by atoms with E-state index in [2.05, 4.69) is 0 Å². The minimum atomic E-state index is -0.691. The van der Waals surface area contributed by atoms with Crippen LogP contribution in [0.4, 0.5) is 8.78 Å². The van der Waals surface area contributed by atoms with Crippen molar-refractivity contribution < 1.29 is 18.3 Å². The summed E-state index contributed by atoms with van der Waals surface area (Å²) in [6.07, 6.45) is -0.0749. The first kappa shape index (κ1) is 14.2. The molecule has 0 bridgehead atoms. The van der Waals surface area contributed by atoms with Gasteiger partial charge in [-0.3, -0.25) is 4.79 Å². The van der Waals surface area contributed by atoms with Crippen molar-refractivity contribution in [1.29, 1.82) is 0 Å². The van der Waals surface area contributed by atoms with E-state index in [1.807, 2.05) is 13.0 Å². The van der Waals surface area contributed by atoms with Crippen LogP contribution < -0.4 is 4.74 Å². The molecule has 0 radical (unpaired) electrons. The molecule has 0 fully saturated rings. The molecule has 2 aromatic rings. The van der Waals surface area contributed by atoms with Crippen LogP contribution in [0, 0.1) is 18.6 Å². The van der Waals surface area contributed by atoms with E-state index < -0.39 is 11.6 Å². The third kappa shape index (κ3) is 3.20. The molecule has 0 atom stereocenters. The summed E-state index contributed by atoms with van der Waals surface area (Å²) in [5.41, 5.74) is 1.63. The monoisotopic (exact) mass is 276 g/mol. The van der Waals surface area contributed by atoms with Crippen LogP contribution >= 0.6 is 0 Å². The predicted octanol–water partition coefficient (Wildman–Crippen LogP) is 3.71. The predicted molar refractivity (Wildman–Crippen MR) is 72.1 cm³/mol. The minimum Gasteiger partial charge on any atom is -0.496 e. The van der Waals surface area contributed by atoms with E-state index in [0.29, 0.717) is 16.9 Å². The van der Waals surface area contributed by atoms with Crippen molar-refractivity contribution in [3.63, 3.8) is 0 Å². The Kier molecular flexibility index (Phi) is 4.13. The average Bonchev–Trinajstić information content (AvgIpc) is 2.37. The summed E-state index contributed by atoms with van der Waals surface area (Å²) in [6, 6.07) is 8.33. The third-order valence-electron chi connectivity index (χ3n) is 2.94. The van der Waals surface area contributed by atoms with Gasteiger partial charge in [-0.2, -0.15) is 0 Å². The van der Waals surface area contributed by atoms with Crippen LogP contribution in [-0.2, 0) is 6.42 Å². The van der Waals surface area contributed by atoms with Crippen molar-refractivity contribution in [2.24, 2.45) is 0 Å². The van der Waals surface area contributed by atoms with Crippen LogP contribution in [0.25, 0.3) is 0 Å². The van der Waals surface area contributed by atoms with Crippen LogP contribution in [0.1, 0.15) is 21.5 Å². The molecule has 0 saturated heterocycles. The maximum absolute atomic E-state index is 13.1. The molecule has 2 rings (SSSR count). The summed E-state index contributed by atoms with van der Waals surface area (Å²) in [5.74, 6) is -1.17. The normalized spacial score (nSPS) is 10.4. The van der Waals surface area contributed by atoms with Gasteiger partial charge in [0.1, 0.15) is 17.4 Å². The number of carbonyl (C=O) groups is 1. The van der Waals surface area contributed by atoms with E-state index in [-0.39, 0.29) is 12.2 Å². The van der Waals surface area contributed by atoms with Crippen LogP contribution in [0.2, 0.25) is 0 Å². The summed E-state index contributed by atoms with van der Waals surface area (Å²) >= 11 is 0. The zero-order valence-electron chi connectivity index (χ0n) is 11.2. The number of rotatable bonds is 4. The van der Waals surface area contributed by atoms with E-state index in [1.54, 1.807) is 12.1 Å². The molecule has 20 heavy (non-hydrogen) atoms. The molecule has 0 aliphatic carbocycles. The van der Waals surface area contributed by atoms with E-state index >= 15 is 0 Å². The molecule has 0 saturated carbocycles. The second kappa shape index (κ2) is 5.82. The fourth-order valence-corrected chi connectivity index (χ4v) is 2.03. The van der Waals surface area contributed by atoms with E-state index in [0.717, 1.165) is 23.8 Å². The highest BCUT2D eigenvalue weighted by Crippen LogP contribution is 2.22. The Balaban J connectivity index is 2.30. The Morgan fingerprint density at radius 3 is 2.35 bits per heavy atom. The number of ether oxygens (including phenoxy) is 1. The molecular formula is C16H14F2O2. The van der Waals surface area contributed by atoms with Gasteiger partial charge in [-0.15, -0.1) is 0 Å². The fraction of sp³-hybridized carbons (Fsp3) is 0.188. The lowest BCUT2D eigenvalue weighted by Crippen LogP contribution is -2.07. The largest absolute Gasteiger partial charge is 0.496 e. The lowest BCUT2D eigenvalue weighted by atomic mass is 10.0. The zero-order chi connectivity index (χ0) is 14.7. The van der Waals surface area contributed by atoms with Crippen molar-refractivity contribution in [3.05, 3.63) is 64.7 Å². The second-order valence-corrected chi connectivity index (χ2v) is 4.58. The third-order valence-corrected chi connectivity index (χ3v) is 2.94. The molecule has 0 unspecified atom stereocenters. The first-order chi connectivity index (χ1) is 9.49. The molecule has 4 heteroatoms. The van der Waals surface area contributed by atoms with Crippen LogP contribution in [0.3, 0.4) is 0 Å². The van der Waals surface area contributed by atoms with Gasteiger partial charge < -0.3 is 4.74 Å². The van der Waals surface area contributed by atoms with Crippen LogP contribution in [0.5, 0.6) is 5.75 Å². The maximum atomic E-state index is 13.1. The molecule has 0 aromatic heterocycles. The van der Waals surface area contributed by atoms with Gasteiger partial charge in [0.2, 0.25) is 0 Å². The van der Waals surface area contributed by atoms with Crippen molar-refractivity contribution in [2.45, 2.75) is 13.3 Å². The molecule has 0 spiro atoms. The highest BCUT2D eigenvalue weighted by atomic mass is 19.1. The van der Waals surface area contributed by atoms with E-state index in [4.69, 9.17) is 4.74 Å². The summed E-state index contributed by atoms with van der Waals surface area (Å²) in [6.45, 7) is 1.86. The molecule has 0 N–H and O–H groups in total. The smallest absolute Gasteiger partial charge is 0.170 e. The lowest BCUT2D eigenvalue weighted by Gasteiger charge is -2.09. The van der Waals surface area contributed by atoms with Gasteiger partial charge in [0.25, 0.3) is 0 Å². The number of Topliss-reactive ketones (excluding diaryl/α,β-unsaturated/α-hetero) is 1. The average molecular weight is 276 g/mol. The summed E-state index contributed by atoms with van der Waals surface area (Å²) in [5, 5.41) is 0. The van der Waals surface area contributed by atoms with Gasteiger partial charge in [0, 0.05) is 12.5 Å². The molecule has 0 amide bonds. The van der Waals surface area contributed by atoms with E-state index in [1.165, 1.54) is 7.11 Å². The van der Waals surface area contributed by atoms with Gasteiger partial charge in [-0.05, 0) is 36.8 Å². The number of benzene rings is 2. The van der Waals surface area contributed by atoms with Crippen LogP contribution in [0.15, 0.2) is 36.4 Å². The second-order valence-electron chi connectivity index (χ2n) is 4.58. The van der Waals surface area contributed by atoms with Gasteiger partial charge >= 0.3 is 0 Å².